The molecule has 0 aromatic rings. The van der Waals surface area contributed by atoms with Gasteiger partial charge in [-0.1, -0.05) is 44.6 Å². The van der Waals surface area contributed by atoms with Gasteiger partial charge in [-0.25, -0.2) is 0 Å². The lowest BCUT2D eigenvalue weighted by Crippen LogP contribution is -2.58. The number of hydrogen-bond donors (Lipinski definition) is 6. The molecule has 10 nitrogen and oxygen atoms in total. The van der Waals surface area contributed by atoms with E-state index in [2.05, 4.69) is 35.1 Å². The standard InChI is InChI=1S/C26H42N4O6/c1-17(2)10-8-6-5-7-9-11-23(34)30-24(19(4)31)26(36)29-21-16-20(32)14-15-27-22(33)13-12-18(3)28-25(21)35/h5,7,9,11-13,17-21,24,31-32H,6,8,10,14-16H2,1-4H3,(H,27,33)(H,28,35)(H,29,36)(H,30,34)/b7-5-,11-9+,13-12?/t18-,19+,20+,21+,24+/m0/s1. The molecule has 0 aromatic heterocycles. The summed E-state index contributed by atoms with van der Waals surface area (Å²) in [6, 6.07) is -2.92. The van der Waals surface area contributed by atoms with Crippen molar-refractivity contribution in [2.45, 2.75) is 90.1 Å². The largest absolute Gasteiger partial charge is 0.393 e. The Labute approximate surface area is 213 Å². The van der Waals surface area contributed by atoms with Crippen LogP contribution < -0.4 is 21.3 Å². The molecule has 0 radical (unpaired) electrons. The molecule has 202 valence electrons. The van der Waals surface area contributed by atoms with Crippen molar-refractivity contribution in [3.63, 3.8) is 0 Å². The van der Waals surface area contributed by atoms with Gasteiger partial charge in [0.15, 0.2) is 0 Å². The Kier molecular flexibility index (Phi) is 14.4. The molecule has 1 rings (SSSR count). The number of hydrogen-bond acceptors (Lipinski definition) is 6. The number of aliphatic hydroxyl groups is 2. The van der Waals surface area contributed by atoms with Gasteiger partial charge in [0.2, 0.25) is 23.6 Å². The highest BCUT2D eigenvalue weighted by molar-refractivity contribution is 5.95. The first kappa shape index (κ1) is 31.1. The third kappa shape index (κ3) is 13.2. The summed E-state index contributed by atoms with van der Waals surface area (Å²) in [6.07, 6.45) is 10.3. The van der Waals surface area contributed by atoms with Gasteiger partial charge in [0.25, 0.3) is 0 Å². The molecule has 0 spiro atoms. The molecule has 36 heavy (non-hydrogen) atoms. The Balaban J connectivity index is 2.79. The van der Waals surface area contributed by atoms with Crippen molar-refractivity contribution < 1.29 is 29.4 Å². The molecular weight excluding hydrogens is 464 g/mol. The predicted molar refractivity (Wildman–Crippen MR) is 138 cm³/mol. The summed E-state index contributed by atoms with van der Waals surface area (Å²) in [4.78, 5) is 49.6. The Morgan fingerprint density at radius 1 is 1.22 bits per heavy atom. The fourth-order valence-electron chi connectivity index (χ4n) is 3.48. The zero-order chi connectivity index (χ0) is 27.1. The summed E-state index contributed by atoms with van der Waals surface area (Å²) in [5, 5.41) is 30.7. The van der Waals surface area contributed by atoms with Crippen LogP contribution >= 0.6 is 0 Å². The van der Waals surface area contributed by atoms with Crippen LogP contribution in [0.1, 0.15) is 59.8 Å². The van der Waals surface area contributed by atoms with Crippen molar-refractivity contribution in [2.24, 2.45) is 5.92 Å². The third-order valence-corrected chi connectivity index (χ3v) is 5.53. The van der Waals surface area contributed by atoms with Crippen LogP contribution in [0.2, 0.25) is 0 Å². The predicted octanol–water partition coefficient (Wildman–Crippen LogP) is 0.607. The lowest BCUT2D eigenvalue weighted by atomic mass is 10.0. The number of aliphatic hydroxyl groups excluding tert-OH is 2. The molecule has 4 amide bonds. The van der Waals surface area contributed by atoms with Crippen molar-refractivity contribution >= 4 is 23.6 Å². The molecule has 0 saturated carbocycles. The van der Waals surface area contributed by atoms with Crippen LogP contribution in [-0.4, -0.2) is 70.7 Å². The molecule has 6 N–H and O–H groups in total. The number of rotatable bonds is 10. The van der Waals surface area contributed by atoms with Crippen molar-refractivity contribution in [3.05, 3.63) is 36.5 Å². The lowest BCUT2D eigenvalue weighted by molar-refractivity contribution is -0.134. The summed E-state index contributed by atoms with van der Waals surface area (Å²) in [6.45, 7) is 7.54. The Morgan fingerprint density at radius 3 is 2.61 bits per heavy atom. The maximum atomic E-state index is 12.9. The summed E-state index contributed by atoms with van der Waals surface area (Å²) in [5.74, 6) is -1.57. The van der Waals surface area contributed by atoms with Crippen molar-refractivity contribution in [3.8, 4) is 0 Å². The van der Waals surface area contributed by atoms with Gasteiger partial charge in [0.05, 0.1) is 12.2 Å². The molecule has 1 heterocycles. The van der Waals surface area contributed by atoms with E-state index in [4.69, 9.17) is 0 Å². The maximum Gasteiger partial charge on any atom is 0.245 e. The van der Waals surface area contributed by atoms with E-state index in [-0.39, 0.29) is 25.3 Å². The number of allylic oxidation sites excluding steroid dienone is 3. The molecule has 1 aliphatic heterocycles. The van der Waals surface area contributed by atoms with E-state index in [1.54, 1.807) is 19.1 Å². The minimum atomic E-state index is -1.31. The third-order valence-electron chi connectivity index (χ3n) is 5.53. The summed E-state index contributed by atoms with van der Waals surface area (Å²) in [5.41, 5.74) is 0. The minimum absolute atomic E-state index is 0.105. The first-order valence-electron chi connectivity index (χ1n) is 12.6. The Morgan fingerprint density at radius 2 is 1.94 bits per heavy atom. The van der Waals surface area contributed by atoms with Gasteiger partial charge in [-0.05, 0) is 39.0 Å². The fourth-order valence-corrected chi connectivity index (χ4v) is 3.48. The molecule has 0 bridgehead atoms. The van der Waals surface area contributed by atoms with Gasteiger partial charge in [-0.3, -0.25) is 19.2 Å². The Hall–Kier alpha value is -2.98. The monoisotopic (exact) mass is 506 g/mol. The first-order chi connectivity index (χ1) is 17.0. The molecule has 5 atom stereocenters. The number of carbonyl (C=O) groups excluding carboxylic acids is 4. The number of unbranched alkanes of at least 4 members (excludes halogenated alkanes) is 1. The minimum Gasteiger partial charge on any atom is -0.393 e. The van der Waals surface area contributed by atoms with E-state index < -0.39 is 48.1 Å². The van der Waals surface area contributed by atoms with E-state index in [1.807, 2.05) is 6.08 Å². The zero-order valence-corrected chi connectivity index (χ0v) is 21.7. The van der Waals surface area contributed by atoms with Crippen LogP contribution in [0.4, 0.5) is 0 Å². The smallest absolute Gasteiger partial charge is 0.245 e. The van der Waals surface area contributed by atoms with Crippen molar-refractivity contribution in [1.82, 2.24) is 21.3 Å². The average Bonchev–Trinajstić information content (AvgIpc) is 2.79. The molecule has 10 heteroatoms. The summed E-state index contributed by atoms with van der Waals surface area (Å²) >= 11 is 0. The van der Waals surface area contributed by atoms with E-state index in [0.717, 1.165) is 19.3 Å². The molecule has 0 saturated heterocycles. The van der Waals surface area contributed by atoms with Gasteiger partial charge in [0.1, 0.15) is 12.1 Å². The SMILES string of the molecule is CC(C)CCC/C=C\C=C\C(=O)N[C@@H](C(=O)N[C@@H]1C[C@H](O)CCNC(=O)C=C[C@H](C)NC1=O)[C@@H](C)O. The van der Waals surface area contributed by atoms with Crippen molar-refractivity contribution in [2.75, 3.05) is 6.54 Å². The van der Waals surface area contributed by atoms with Crippen LogP contribution in [-0.2, 0) is 19.2 Å². The van der Waals surface area contributed by atoms with E-state index in [9.17, 15) is 29.4 Å². The van der Waals surface area contributed by atoms with Crippen molar-refractivity contribution in [1.29, 1.82) is 0 Å². The van der Waals surface area contributed by atoms with Crippen LogP contribution in [0.3, 0.4) is 0 Å². The van der Waals surface area contributed by atoms with Crippen LogP contribution in [0.15, 0.2) is 36.5 Å². The molecule has 1 aliphatic rings. The molecular formula is C26H42N4O6. The zero-order valence-electron chi connectivity index (χ0n) is 21.7. The summed E-state index contributed by atoms with van der Waals surface area (Å²) < 4.78 is 0. The second-order valence-electron chi connectivity index (χ2n) is 9.53. The van der Waals surface area contributed by atoms with Gasteiger partial charge in [0, 0.05) is 31.2 Å². The fraction of sp³-hybridized carbons (Fsp3) is 0.615. The second-order valence-corrected chi connectivity index (χ2v) is 9.53. The topological polar surface area (TPSA) is 157 Å². The van der Waals surface area contributed by atoms with E-state index in [1.165, 1.54) is 25.2 Å². The quantitative estimate of drug-likeness (QED) is 0.145. The van der Waals surface area contributed by atoms with E-state index >= 15 is 0 Å². The number of amides is 4. The van der Waals surface area contributed by atoms with Gasteiger partial charge >= 0.3 is 0 Å². The highest BCUT2D eigenvalue weighted by atomic mass is 16.3. The highest BCUT2D eigenvalue weighted by Gasteiger charge is 2.31. The molecule has 0 unspecified atom stereocenters. The highest BCUT2D eigenvalue weighted by Crippen LogP contribution is 2.07. The normalized spacial score (nSPS) is 23.5. The first-order valence-corrected chi connectivity index (χ1v) is 12.6. The van der Waals surface area contributed by atoms with Crippen LogP contribution in [0.5, 0.6) is 0 Å². The van der Waals surface area contributed by atoms with Gasteiger partial charge in [-0.15, -0.1) is 0 Å². The lowest BCUT2D eigenvalue weighted by Gasteiger charge is -2.26. The van der Waals surface area contributed by atoms with Crippen LogP contribution in [0.25, 0.3) is 0 Å². The van der Waals surface area contributed by atoms with Gasteiger partial charge < -0.3 is 31.5 Å². The molecule has 0 aliphatic carbocycles. The van der Waals surface area contributed by atoms with Gasteiger partial charge in [-0.2, -0.15) is 0 Å². The number of nitrogens with one attached hydrogen (secondary N) is 4. The molecule has 0 fully saturated rings. The average molecular weight is 507 g/mol. The van der Waals surface area contributed by atoms with E-state index in [0.29, 0.717) is 5.92 Å². The summed E-state index contributed by atoms with van der Waals surface area (Å²) in [7, 11) is 0. The number of carbonyl (C=O) groups is 4. The second kappa shape index (κ2) is 16.6. The van der Waals surface area contributed by atoms with Crippen LogP contribution in [0, 0.1) is 5.92 Å². The maximum absolute atomic E-state index is 12.9. The molecule has 0 aromatic carbocycles. The Bertz CT molecular complexity index is 821.